The second-order valence-corrected chi connectivity index (χ2v) is 11.9. The highest BCUT2D eigenvalue weighted by atomic mass is 16.3. The van der Waals surface area contributed by atoms with Crippen LogP contribution in [0, 0.1) is 0 Å². The largest absolute Gasteiger partial charge is 0.394 e. The van der Waals surface area contributed by atoms with E-state index in [1.54, 1.807) is 6.08 Å². The predicted molar refractivity (Wildman–Crippen MR) is 175 cm³/mol. The topological polar surface area (TPSA) is 69.6 Å². The normalized spacial score (nSPS) is 13.4. The molecule has 0 aliphatic heterocycles. The summed E-state index contributed by atoms with van der Waals surface area (Å²) in [7, 11) is 0. The fourth-order valence-corrected chi connectivity index (χ4v) is 5.17. The minimum absolute atomic E-state index is 0.0710. The van der Waals surface area contributed by atoms with E-state index in [0.29, 0.717) is 6.42 Å². The number of hydrogen-bond acceptors (Lipinski definition) is 3. The maximum atomic E-state index is 12.3. The lowest BCUT2D eigenvalue weighted by molar-refractivity contribution is -0.123. The molecule has 0 fully saturated rings. The van der Waals surface area contributed by atoms with E-state index in [2.05, 4.69) is 31.3 Å². The monoisotopic (exact) mass is 564 g/mol. The molecule has 4 heteroatoms. The zero-order chi connectivity index (χ0) is 29.4. The smallest absolute Gasteiger partial charge is 0.220 e. The van der Waals surface area contributed by atoms with Gasteiger partial charge in [0.25, 0.3) is 0 Å². The average Bonchev–Trinajstić information content (AvgIpc) is 2.96. The van der Waals surface area contributed by atoms with E-state index in [-0.39, 0.29) is 12.5 Å². The quantitative estimate of drug-likeness (QED) is 0.0580. The third-order valence-corrected chi connectivity index (χ3v) is 7.93. The highest BCUT2D eigenvalue weighted by Gasteiger charge is 2.17. The molecule has 0 heterocycles. The highest BCUT2D eigenvalue weighted by Crippen LogP contribution is 2.13. The maximum Gasteiger partial charge on any atom is 0.220 e. The molecule has 3 N–H and O–H groups in total. The van der Waals surface area contributed by atoms with Gasteiger partial charge in [0.15, 0.2) is 0 Å². The fourth-order valence-electron chi connectivity index (χ4n) is 5.17. The van der Waals surface area contributed by atoms with E-state index < -0.39 is 12.1 Å². The molecule has 4 nitrogen and oxygen atoms in total. The lowest BCUT2D eigenvalue weighted by Crippen LogP contribution is -2.45. The van der Waals surface area contributed by atoms with Crippen molar-refractivity contribution in [2.45, 2.75) is 193 Å². The Bertz CT molecular complexity index is 574. The van der Waals surface area contributed by atoms with Crippen LogP contribution in [-0.4, -0.2) is 34.9 Å². The number of rotatable bonds is 31. The summed E-state index contributed by atoms with van der Waals surface area (Å²) in [6.07, 6.45) is 39.6. The average molecular weight is 564 g/mol. The molecule has 0 aromatic rings. The number of aliphatic hydroxyl groups excluding tert-OH is 2. The van der Waals surface area contributed by atoms with Gasteiger partial charge in [-0.05, 0) is 44.9 Å². The second kappa shape index (κ2) is 32.4. The molecule has 0 spiro atoms. The molecule has 0 aromatic carbocycles. The number of aliphatic hydroxyl groups is 2. The van der Waals surface area contributed by atoms with Gasteiger partial charge in [-0.1, -0.05) is 154 Å². The van der Waals surface area contributed by atoms with Crippen molar-refractivity contribution in [2.75, 3.05) is 6.61 Å². The van der Waals surface area contributed by atoms with Crippen LogP contribution in [-0.2, 0) is 4.79 Å². The number of unbranched alkanes of at least 4 members (excludes halogenated alkanes) is 22. The van der Waals surface area contributed by atoms with Crippen molar-refractivity contribution >= 4 is 5.91 Å². The molecule has 0 aromatic heterocycles. The SMILES string of the molecule is CCCCCCC=CCCCCCCCCCC(=O)NC(CO)C(O)C=CCCCCCCCCCCCCC. The molecule has 2 unspecified atom stereocenters. The van der Waals surface area contributed by atoms with E-state index in [1.165, 1.54) is 135 Å². The molecule has 2 atom stereocenters. The van der Waals surface area contributed by atoms with Crippen molar-refractivity contribution in [3.63, 3.8) is 0 Å². The molecule has 40 heavy (non-hydrogen) atoms. The summed E-state index contributed by atoms with van der Waals surface area (Å²) in [5.41, 5.74) is 0. The minimum Gasteiger partial charge on any atom is -0.394 e. The second-order valence-electron chi connectivity index (χ2n) is 11.9. The first-order chi connectivity index (χ1) is 19.7. The maximum absolute atomic E-state index is 12.3. The van der Waals surface area contributed by atoms with Crippen molar-refractivity contribution in [3.8, 4) is 0 Å². The molecule has 236 valence electrons. The number of amides is 1. The van der Waals surface area contributed by atoms with Crippen molar-refractivity contribution in [1.82, 2.24) is 5.32 Å². The van der Waals surface area contributed by atoms with Crippen LogP contribution >= 0.6 is 0 Å². The third kappa shape index (κ3) is 28.4. The number of carbonyl (C=O) groups excluding carboxylic acids is 1. The van der Waals surface area contributed by atoms with Crippen LogP contribution in [0.5, 0.6) is 0 Å². The summed E-state index contributed by atoms with van der Waals surface area (Å²) in [6, 6.07) is -0.619. The fraction of sp³-hybridized carbons (Fsp3) is 0.861. The van der Waals surface area contributed by atoms with Gasteiger partial charge in [0.1, 0.15) is 0 Å². The molecule has 0 aliphatic carbocycles. The summed E-state index contributed by atoms with van der Waals surface area (Å²) in [5, 5.41) is 22.8. The molecule has 0 bridgehead atoms. The van der Waals surface area contributed by atoms with Gasteiger partial charge < -0.3 is 15.5 Å². The van der Waals surface area contributed by atoms with Crippen LogP contribution in [0.25, 0.3) is 0 Å². The molecule has 0 aliphatic rings. The van der Waals surface area contributed by atoms with Crippen LogP contribution in [0.15, 0.2) is 24.3 Å². The van der Waals surface area contributed by atoms with Gasteiger partial charge >= 0.3 is 0 Å². The van der Waals surface area contributed by atoms with E-state index in [4.69, 9.17) is 0 Å². The van der Waals surface area contributed by atoms with Crippen molar-refractivity contribution in [2.24, 2.45) is 0 Å². The van der Waals surface area contributed by atoms with Gasteiger partial charge in [0, 0.05) is 6.42 Å². The van der Waals surface area contributed by atoms with Gasteiger partial charge in [0.2, 0.25) is 5.91 Å². The first-order valence-corrected chi connectivity index (χ1v) is 17.6. The summed E-state index contributed by atoms with van der Waals surface area (Å²) >= 11 is 0. The summed E-state index contributed by atoms with van der Waals surface area (Å²) < 4.78 is 0. The summed E-state index contributed by atoms with van der Waals surface area (Å²) in [5.74, 6) is -0.0710. The molecule has 0 saturated heterocycles. The van der Waals surface area contributed by atoms with Crippen molar-refractivity contribution in [3.05, 3.63) is 24.3 Å². The molecular formula is C36H69NO3. The lowest BCUT2D eigenvalue weighted by Gasteiger charge is -2.20. The first-order valence-electron chi connectivity index (χ1n) is 17.6. The molecule has 0 saturated carbocycles. The Morgan fingerprint density at radius 2 is 0.950 bits per heavy atom. The lowest BCUT2D eigenvalue weighted by atomic mass is 10.0. The zero-order valence-corrected chi connectivity index (χ0v) is 26.9. The molecular weight excluding hydrogens is 494 g/mol. The van der Waals surface area contributed by atoms with Gasteiger partial charge in [-0.15, -0.1) is 0 Å². The first kappa shape index (κ1) is 38.9. The van der Waals surface area contributed by atoms with E-state index in [1.807, 2.05) is 6.08 Å². The number of carbonyl (C=O) groups is 1. The van der Waals surface area contributed by atoms with Crippen LogP contribution in [0.4, 0.5) is 0 Å². The summed E-state index contributed by atoms with van der Waals surface area (Å²) in [6.45, 7) is 4.27. The molecule has 0 rings (SSSR count). The Kier molecular flexibility index (Phi) is 31.5. The Hall–Kier alpha value is -1.13. The van der Waals surface area contributed by atoms with Crippen molar-refractivity contribution in [1.29, 1.82) is 0 Å². The Balaban J connectivity index is 3.64. The highest BCUT2D eigenvalue weighted by molar-refractivity contribution is 5.76. The molecule has 1 amide bonds. The van der Waals surface area contributed by atoms with Gasteiger partial charge in [-0.3, -0.25) is 4.79 Å². The Morgan fingerprint density at radius 3 is 1.40 bits per heavy atom. The van der Waals surface area contributed by atoms with Crippen LogP contribution < -0.4 is 5.32 Å². The van der Waals surface area contributed by atoms with E-state index in [0.717, 1.165) is 25.7 Å². The van der Waals surface area contributed by atoms with Crippen LogP contribution in [0.1, 0.15) is 181 Å². The minimum atomic E-state index is -0.836. The van der Waals surface area contributed by atoms with Gasteiger partial charge in [-0.2, -0.15) is 0 Å². The number of allylic oxidation sites excluding steroid dienone is 3. The standard InChI is InChI=1S/C36H69NO3/c1-3-5-7-9-11-13-15-17-18-20-22-24-26-28-30-32-36(40)37-34(33-38)35(39)31-29-27-25-23-21-19-16-14-12-10-8-6-4-2/h13,15,29,31,34-35,38-39H,3-12,14,16-28,30,32-33H2,1-2H3,(H,37,40). The molecule has 0 radical (unpaired) electrons. The van der Waals surface area contributed by atoms with E-state index in [9.17, 15) is 15.0 Å². The van der Waals surface area contributed by atoms with Crippen LogP contribution in [0.2, 0.25) is 0 Å². The number of hydrogen-bond donors (Lipinski definition) is 3. The summed E-state index contributed by atoms with van der Waals surface area (Å²) in [4.78, 5) is 12.3. The van der Waals surface area contributed by atoms with E-state index >= 15 is 0 Å². The Morgan fingerprint density at radius 1 is 0.575 bits per heavy atom. The predicted octanol–water partition coefficient (Wildman–Crippen LogP) is 10.1. The van der Waals surface area contributed by atoms with Gasteiger partial charge in [-0.25, -0.2) is 0 Å². The van der Waals surface area contributed by atoms with Crippen molar-refractivity contribution < 1.29 is 15.0 Å². The number of nitrogens with one attached hydrogen (secondary N) is 1. The Labute approximate surface area is 249 Å². The van der Waals surface area contributed by atoms with Crippen LogP contribution in [0.3, 0.4) is 0 Å². The van der Waals surface area contributed by atoms with Gasteiger partial charge in [0.05, 0.1) is 18.8 Å². The zero-order valence-electron chi connectivity index (χ0n) is 26.9. The third-order valence-electron chi connectivity index (χ3n) is 7.93.